The first kappa shape index (κ1) is 12.2. The monoisotopic (exact) mass is 213 g/mol. The molecule has 0 bridgehead atoms. The molecule has 1 atom stereocenters. The van der Waals surface area contributed by atoms with Crippen LogP contribution in [0.3, 0.4) is 0 Å². The molecule has 4 nitrogen and oxygen atoms in total. The minimum atomic E-state index is -0.745. The van der Waals surface area contributed by atoms with Gasteiger partial charge in [0.2, 0.25) is 0 Å². The van der Waals surface area contributed by atoms with Crippen LogP contribution in [0.2, 0.25) is 0 Å². The number of likely N-dealkylation sites (tertiary alicyclic amines) is 1. The van der Waals surface area contributed by atoms with Crippen LogP contribution in [0.25, 0.3) is 0 Å². The van der Waals surface area contributed by atoms with E-state index in [2.05, 4.69) is 6.58 Å². The number of piperidine rings is 1. The van der Waals surface area contributed by atoms with Crippen molar-refractivity contribution in [3.63, 3.8) is 0 Å². The van der Waals surface area contributed by atoms with E-state index >= 15 is 0 Å². The van der Waals surface area contributed by atoms with Crippen LogP contribution in [0, 0.1) is 5.41 Å². The highest BCUT2D eigenvalue weighted by Gasteiger charge is 2.40. The molecule has 2 N–H and O–H groups in total. The lowest BCUT2D eigenvalue weighted by atomic mass is 9.77. The fraction of sp³-hybridized carbons (Fsp3) is 0.727. The third kappa shape index (κ3) is 2.79. The van der Waals surface area contributed by atoms with Crippen molar-refractivity contribution < 1.29 is 15.0 Å². The zero-order valence-corrected chi connectivity index (χ0v) is 8.98. The fourth-order valence-corrected chi connectivity index (χ4v) is 2.26. The van der Waals surface area contributed by atoms with Crippen molar-refractivity contribution in [1.82, 2.24) is 4.90 Å². The third-order valence-corrected chi connectivity index (χ3v) is 3.06. The summed E-state index contributed by atoms with van der Waals surface area (Å²) in [5.74, 6) is -0.745. The van der Waals surface area contributed by atoms with Crippen molar-refractivity contribution in [2.24, 2.45) is 5.41 Å². The molecule has 0 aromatic heterocycles. The number of aliphatic hydroxyl groups is 1. The lowest BCUT2D eigenvalue weighted by Crippen LogP contribution is -2.48. The average Bonchev–Trinajstić information content (AvgIpc) is 2.19. The molecule has 0 aliphatic carbocycles. The van der Waals surface area contributed by atoms with Gasteiger partial charge in [0.15, 0.2) is 0 Å². The molecule has 1 saturated heterocycles. The number of carbonyl (C=O) groups is 1. The molecule has 4 heteroatoms. The van der Waals surface area contributed by atoms with Gasteiger partial charge in [0.05, 0.1) is 12.0 Å². The molecular weight excluding hydrogens is 194 g/mol. The quantitative estimate of drug-likeness (QED) is 0.661. The average molecular weight is 213 g/mol. The van der Waals surface area contributed by atoms with Crippen LogP contribution in [0.5, 0.6) is 0 Å². The largest absolute Gasteiger partial charge is 0.481 e. The van der Waals surface area contributed by atoms with Crippen molar-refractivity contribution in [3.05, 3.63) is 12.7 Å². The summed E-state index contributed by atoms with van der Waals surface area (Å²) in [5, 5.41) is 18.1. The Labute approximate surface area is 90.2 Å². The van der Waals surface area contributed by atoms with Crippen molar-refractivity contribution >= 4 is 5.97 Å². The van der Waals surface area contributed by atoms with Gasteiger partial charge in [-0.3, -0.25) is 9.69 Å². The zero-order valence-electron chi connectivity index (χ0n) is 8.98. The van der Waals surface area contributed by atoms with E-state index in [1.807, 2.05) is 4.90 Å². The normalized spacial score (nSPS) is 27.5. The molecule has 0 aromatic rings. The second-order valence-electron chi connectivity index (χ2n) is 4.18. The molecule has 15 heavy (non-hydrogen) atoms. The SMILES string of the molecule is C=CC[C@@]1(C(=O)O)CCCN(CCO)C1. The lowest BCUT2D eigenvalue weighted by Gasteiger charge is -2.39. The van der Waals surface area contributed by atoms with Crippen LogP contribution in [0.15, 0.2) is 12.7 Å². The predicted octanol–water partition coefficient (Wildman–Crippen LogP) is 0.722. The Bertz CT molecular complexity index is 240. The summed E-state index contributed by atoms with van der Waals surface area (Å²) in [7, 11) is 0. The van der Waals surface area contributed by atoms with E-state index in [0.717, 1.165) is 13.0 Å². The van der Waals surface area contributed by atoms with Gasteiger partial charge >= 0.3 is 5.97 Å². The van der Waals surface area contributed by atoms with Gasteiger partial charge < -0.3 is 10.2 Å². The van der Waals surface area contributed by atoms with Crippen LogP contribution in [-0.2, 0) is 4.79 Å². The van der Waals surface area contributed by atoms with Crippen molar-refractivity contribution in [2.75, 3.05) is 26.2 Å². The maximum atomic E-state index is 11.3. The number of allylic oxidation sites excluding steroid dienone is 1. The molecule has 1 aliphatic rings. The van der Waals surface area contributed by atoms with Gasteiger partial charge in [-0.15, -0.1) is 6.58 Å². The van der Waals surface area contributed by atoms with Gasteiger partial charge in [-0.1, -0.05) is 6.08 Å². The predicted molar refractivity (Wildman–Crippen MR) is 57.6 cm³/mol. The molecule has 86 valence electrons. The fourth-order valence-electron chi connectivity index (χ4n) is 2.26. The number of nitrogens with zero attached hydrogens (tertiary/aromatic N) is 1. The first-order valence-corrected chi connectivity index (χ1v) is 5.32. The van der Waals surface area contributed by atoms with Gasteiger partial charge in [-0.25, -0.2) is 0 Å². The Morgan fingerprint density at radius 3 is 2.87 bits per heavy atom. The van der Waals surface area contributed by atoms with Gasteiger partial charge in [-0.05, 0) is 25.8 Å². The summed E-state index contributed by atoms with van der Waals surface area (Å²) in [6, 6.07) is 0. The summed E-state index contributed by atoms with van der Waals surface area (Å²) in [4.78, 5) is 13.3. The summed E-state index contributed by atoms with van der Waals surface area (Å²) < 4.78 is 0. The van der Waals surface area contributed by atoms with E-state index in [4.69, 9.17) is 5.11 Å². The number of β-amino-alcohol motifs (C(OH)–C–C–N with tert-alkyl or cyclic N) is 1. The molecule has 0 unspecified atom stereocenters. The number of aliphatic hydroxyl groups excluding tert-OH is 1. The van der Waals surface area contributed by atoms with Crippen LogP contribution in [-0.4, -0.2) is 47.3 Å². The lowest BCUT2D eigenvalue weighted by molar-refractivity contribution is -0.152. The van der Waals surface area contributed by atoms with Crippen molar-refractivity contribution in [2.45, 2.75) is 19.3 Å². The van der Waals surface area contributed by atoms with E-state index < -0.39 is 11.4 Å². The minimum absolute atomic E-state index is 0.0871. The number of carboxylic acid groups (broad SMARTS) is 1. The molecule has 1 fully saturated rings. The Morgan fingerprint density at radius 1 is 1.60 bits per heavy atom. The molecule has 1 aliphatic heterocycles. The highest BCUT2D eigenvalue weighted by Crippen LogP contribution is 2.34. The van der Waals surface area contributed by atoms with Gasteiger partial charge in [0.1, 0.15) is 0 Å². The van der Waals surface area contributed by atoms with E-state index in [1.54, 1.807) is 6.08 Å². The molecule has 0 saturated carbocycles. The highest BCUT2D eigenvalue weighted by molar-refractivity contribution is 5.75. The third-order valence-electron chi connectivity index (χ3n) is 3.06. The molecule has 0 spiro atoms. The van der Waals surface area contributed by atoms with Crippen LogP contribution in [0.1, 0.15) is 19.3 Å². The van der Waals surface area contributed by atoms with Gasteiger partial charge in [-0.2, -0.15) is 0 Å². The zero-order chi connectivity index (χ0) is 11.3. The summed E-state index contributed by atoms with van der Waals surface area (Å²) in [6.45, 7) is 5.68. The number of aliphatic carboxylic acids is 1. The van der Waals surface area contributed by atoms with Gasteiger partial charge in [0, 0.05) is 13.1 Å². The highest BCUT2D eigenvalue weighted by atomic mass is 16.4. The Hall–Kier alpha value is -0.870. The molecular formula is C11H19NO3. The van der Waals surface area contributed by atoms with E-state index in [9.17, 15) is 9.90 Å². The second-order valence-corrected chi connectivity index (χ2v) is 4.18. The summed E-state index contributed by atoms with van der Waals surface area (Å²) in [5.41, 5.74) is -0.685. The number of hydrogen-bond acceptors (Lipinski definition) is 3. The van der Waals surface area contributed by atoms with E-state index in [-0.39, 0.29) is 6.61 Å². The van der Waals surface area contributed by atoms with Crippen LogP contribution >= 0.6 is 0 Å². The Balaban J connectivity index is 2.70. The van der Waals surface area contributed by atoms with Crippen LogP contribution < -0.4 is 0 Å². The molecule has 0 amide bonds. The molecule has 1 rings (SSSR count). The second kappa shape index (κ2) is 5.28. The van der Waals surface area contributed by atoms with Crippen molar-refractivity contribution in [3.8, 4) is 0 Å². The maximum absolute atomic E-state index is 11.3. The maximum Gasteiger partial charge on any atom is 0.311 e. The smallest absolute Gasteiger partial charge is 0.311 e. The first-order chi connectivity index (χ1) is 7.14. The number of hydrogen-bond donors (Lipinski definition) is 2. The minimum Gasteiger partial charge on any atom is -0.481 e. The van der Waals surface area contributed by atoms with Crippen molar-refractivity contribution in [1.29, 1.82) is 0 Å². The summed E-state index contributed by atoms with van der Waals surface area (Å²) >= 11 is 0. The number of rotatable bonds is 5. The van der Waals surface area contributed by atoms with Crippen LogP contribution in [0.4, 0.5) is 0 Å². The molecule has 0 aromatic carbocycles. The summed E-state index contributed by atoms with van der Waals surface area (Å²) in [6.07, 6.45) is 3.76. The molecule has 1 heterocycles. The van der Waals surface area contributed by atoms with E-state index in [0.29, 0.717) is 25.9 Å². The van der Waals surface area contributed by atoms with E-state index in [1.165, 1.54) is 0 Å². The first-order valence-electron chi connectivity index (χ1n) is 5.32. The standard InChI is InChI=1S/C11H19NO3/c1-2-4-11(10(14)15)5-3-6-12(9-11)7-8-13/h2,13H,1,3-9H2,(H,14,15)/t11-/m1/s1. The molecule has 0 radical (unpaired) electrons. The Morgan fingerprint density at radius 2 is 2.33 bits per heavy atom. The number of carboxylic acids is 1. The van der Waals surface area contributed by atoms with Gasteiger partial charge in [0.25, 0.3) is 0 Å². The Kier molecular flexibility index (Phi) is 4.29. The topological polar surface area (TPSA) is 60.8 Å².